The SMILES string of the molecule is CCOC(=O)c1sc(N2CCC(NC(=O)c3nc(Cl)c(CC)[nH]3)C(OC)C2)nc1CO. The summed E-state index contributed by atoms with van der Waals surface area (Å²) in [5.41, 5.74) is 1.01. The van der Waals surface area contributed by atoms with E-state index in [2.05, 4.69) is 20.3 Å². The Kier molecular flexibility index (Phi) is 7.87. The number of piperidine rings is 1. The molecule has 0 radical (unpaired) electrons. The fraction of sp³-hybridized carbons (Fsp3) is 0.579. The number of halogens is 1. The largest absolute Gasteiger partial charge is 0.462 e. The third-order valence-electron chi connectivity index (χ3n) is 5.04. The lowest BCUT2D eigenvalue weighted by atomic mass is 10.0. The van der Waals surface area contributed by atoms with Crippen molar-refractivity contribution in [2.45, 2.75) is 45.4 Å². The monoisotopic (exact) mass is 471 g/mol. The summed E-state index contributed by atoms with van der Waals surface area (Å²) in [6, 6.07) is -0.232. The Labute approximate surface area is 188 Å². The van der Waals surface area contributed by atoms with Crippen molar-refractivity contribution < 1.29 is 24.2 Å². The Balaban J connectivity index is 1.69. The van der Waals surface area contributed by atoms with Crippen LogP contribution in [0.1, 0.15) is 51.9 Å². The molecule has 1 aliphatic rings. The van der Waals surface area contributed by atoms with Gasteiger partial charge in [-0.15, -0.1) is 0 Å². The zero-order valence-electron chi connectivity index (χ0n) is 17.6. The Morgan fingerprint density at radius 2 is 2.16 bits per heavy atom. The second kappa shape index (κ2) is 10.4. The first-order valence-corrected chi connectivity index (χ1v) is 11.2. The fourth-order valence-electron chi connectivity index (χ4n) is 3.40. The molecule has 0 saturated carbocycles. The van der Waals surface area contributed by atoms with Crippen molar-refractivity contribution in [2.75, 3.05) is 31.7 Å². The van der Waals surface area contributed by atoms with Gasteiger partial charge in [0, 0.05) is 20.2 Å². The van der Waals surface area contributed by atoms with Crippen LogP contribution in [0.5, 0.6) is 0 Å². The summed E-state index contributed by atoms with van der Waals surface area (Å²) in [6.45, 7) is 4.59. The Morgan fingerprint density at radius 3 is 2.77 bits per heavy atom. The van der Waals surface area contributed by atoms with Crippen molar-refractivity contribution in [1.82, 2.24) is 20.3 Å². The number of aliphatic hydroxyl groups is 1. The van der Waals surface area contributed by atoms with Crippen LogP contribution in [0.15, 0.2) is 0 Å². The molecule has 31 heavy (non-hydrogen) atoms. The summed E-state index contributed by atoms with van der Waals surface area (Å²) < 4.78 is 10.7. The van der Waals surface area contributed by atoms with Gasteiger partial charge in [0.2, 0.25) is 0 Å². The molecule has 2 atom stereocenters. The molecule has 0 spiro atoms. The van der Waals surface area contributed by atoms with E-state index in [1.165, 1.54) is 11.3 Å². The lowest BCUT2D eigenvalue weighted by Crippen LogP contribution is -2.55. The van der Waals surface area contributed by atoms with E-state index in [9.17, 15) is 14.7 Å². The number of anilines is 1. The summed E-state index contributed by atoms with van der Waals surface area (Å²) in [5.74, 6) is -0.668. The van der Waals surface area contributed by atoms with Crippen LogP contribution in [0.2, 0.25) is 5.15 Å². The van der Waals surface area contributed by atoms with E-state index in [1.54, 1.807) is 14.0 Å². The molecule has 3 N–H and O–H groups in total. The molecule has 2 aromatic rings. The molecule has 1 aliphatic heterocycles. The van der Waals surface area contributed by atoms with Crippen LogP contribution in [0.4, 0.5) is 5.13 Å². The first-order chi connectivity index (χ1) is 14.9. The molecule has 3 rings (SSSR count). The summed E-state index contributed by atoms with van der Waals surface area (Å²) in [7, 11) is 1.58. The maximum Gasteiger partial charge on any atom is 0.350 e. The molecule has 170 valence electrons. The quantitative estimate of drug-likeness (QED) is 0.497. The van der Waals surface area contributed by atoms with Crippen LogP contribution in [0.3, 0.4) is 0 Å². The predicted molar refractivity (Wildman–Crippen MR) is 116 cm³/mol. The maximum atomic E-state index is 12.6. The Bertz CT molecular complexity index is 933. The number of ether oxygens (including phenoxy) is 2. The first kappa shape index (κ1) is 23.5. The first-order valence-electron chi connectivity index (χ1n) is 10.0. The molecular weight excluding hydrogens is 446 g/mol. The van der Waals surface area contributed by atoms with Gasteiger partial charge in [0.15, 0.2) is 16.1 Å². The van der Waals surface area contributed by atoms with Gasteiger partial charge >= 0.3 is 5.97 Å². The number of nitrogens with one attached hydrogen (secondary N) is 2. The van der Waals surface area contributed by atoms with Crippen molar-refractivity contribution in [1.29, 1.82) is 0 Å². The van der Waals surface area contributed by atoms with E-state index in [0.717, 1.165) is 0 Å². The highest BCUT2D eigenvalue weighted by Crippen LogP contribution is 2.30. The minimum atomic E-state index is -0.496. The van der Waals surface area contributed by atoms with Crippen LogP contribution < -0.4 is 10.2 Å². The third kappa shape index (κ3) is 5.17. The molecule has 1 amide bonds. The average molecular weight is 472 g/mol. The number of hydrogen-bond acceptors (Lipinski definition) is 9. The number of aromatic nitrogens is 3. The van der Waals surface area contributed by atoms with Crippen LogP contribution in [-0.4, -0.2) is 70.9 Å². The normalized spacial score (nSPS) is 18.8. The Hall–Kier alpha value is -2.21. The van der Waals surface area contributed by atoms with Crippen molar-refractivity contribution in [3.05, 3.63) is 27.2 Å². The molecule has 0 aliphatic carbocycles. The zero-order valence-corrected chi connectivity index (χ0v) is 19.2. The number of esters is 1. The molecule has 1 fully saturated rings. The van der Waals surface area contributed by atoms with Crippen LogP contribution >= 0.6 is 22.9 Å². The molecular formula is C19H26ClN5O5S. The van der Waals surface area contributed by atoms with E-state index in [4.69, 9.17) is 21.1 Å². The molecule has 10 nitrogen and oxygen atoms in total. The molecule has 0 bridgehead atoms. The highest BCUT2D eigenvalue weighted by atomic mass is 35.5. The number of thiazole rings is 1. The summed E-state index contributed by atoms with van der Waals surface area (Å²) in [6.07, 6.45) is 0.943. The fourth-order valence-corrected chi connectivity index (χ4v) is 4.67. The number of amides is 1. The molecule has 12 heteroatoms. The number of rotatable bonds is 8. The van der Waals surface area contributed by atoms with Gasteiger partial charge < -0.3 is 29.8 Å². The van der Waals surface area contributed by atoms with Crippen molar-refractivity contribution in [3.63, 3.8) is 0 Å². The van der Waals surface area contributed by atoms with Gasteiger partial charge in [-0.1, -0.05) is 29.9 Å². The highest BCUT2D eigenvalue weighted by Gasteiger charge is 2.33. The van der Waals surface area contributed by atoms with Crippen LogP contribution in [0.25, 0.3) is 0 Å². The van der Waals surface area contributed by atoms with Gasteiger partial charge in [0.25, 0.3) is 5.91 Å². The van der Waals surface area contributed by atoms with Crippen LogP contribution in [0, 0.1) is 0 Å². The van der Waals surface area contributed by atoms with Gasteiger partial charge in [0.1, 0.15) is 4.88 Å². The van der Waals surface area contributed by atoms with E-state index >= 15 is 0 Å². The average Bonchev–Trinajstić information content (AvgIpc) is 3.37. The number of hydrogen-bond donors (Lipinski definition) is 3. The maximum absolute atomic E-state index is 12.6. The zero-order chi connectivity index (χ0) is 22.5. The van der Waals surface area contributed by atoms with Gasteiger partial charge in [0.05, 0.1) is 36.7 Å². The number of nitrogens with zero attached hydrogens (tertiary/aromatic N) is 3. The van der Waals surface area contributed by atoms with E-state index < -0.39 is 5.97 Å². The third-order valence-corrected chi connectivity index (χ3v) is 6.49. The predicted octanol–water partition coefficient (Wildman–Crippen LogP) is 1.77. The van der Waals surface area contributed by atoms with E-state index in [0.29, 0.717) is 52.5 Å². The lowest BCUT2D eigenvalue weighted by molar-refractivity contribution is 0.0527. The number of carbonyl (C=O) groups is 2. The number of aliphatic hydroxyl groups excluding tert-OH is 1. The van der Waals surface area contributed by atoms with Gasteiger partial charge in [-0.25, -0.2) is 14.8 Å². The summed E-state index contributed by atoms with van der Waals surface area (Å²) in [4.78, 5) is 38.4. The van der Waals surface area contributed by atoms with E-state index in [1.807, 2.05) is 11.8 Å². The van der Waals surface area contributed by atoms with E-state index in [-0.39, 0.29) is 37.1 Å². The van der Waals surface area contributed by atoms with Gasteiger partial charge in [-0.2, -0.15) is 0 Å². The summed E-state index contributed by atoms with van der Waals surface area (Å²) in [5, 5.41) is 13.4. The highest BCUT2D eigenvalue weighted by molar-refractivity contribution is 7.17. The smallest absolute Gasteiger partial charge is 0.350 e. The molecule has 3 heterocycles. The summed E-state index contributed by atoms with van der Waals surface area (Å²) >= 11 is 7.21. The van der Waals surface area contributed by atoms with Gasteiger partial charge in [-0.3, -0.25) is 4.79 Å². The number of carbonyl (C=O) groups excluding carboxylic acids is 2. The second-order valence-corrected chi connectivity index (χ2v) is 8.28. The number of imidazole rings is 1. The number of methoxy groups -OCH3 is 1. The standard InChI is InChI=1S/C19H26ClN5O5S/c1-4-10-15(20)24-16(21-10)17(27)22-11-6-7-25(8-13(11)29-3)19-23-12(9-26)14(31-19)18(28)30-5-2/h11,13,26H,4-9H2,1-3H3,(H,21,24)(H,22,27). The number of H-pyrrole nitrogens is 1. The molecule has 0 aromatic carbocycles. The second-order valence-electron chi connectivity index (χ2n) is 6.95. The molecule has 2 aromatic heterocycles. The number of aromatic amines is 1. The topological polar surface area (TPSA) is 130 Å². The Morgan fingerprint density at radius 1 is 1.39 bits per heavy atom. The van der Waals surface area contributed by atoms with Crippen molar-refractivity contribution in [3.8, 4) is 0 Å². The minimum Gasteiger partial charge on any atom is -0.462 e. The lowest BCUT2D eigenvalue weighted by Gasteiger charge is -2.37. The van der Waals surface area contributed by atoms with Crippen LogP contribution in [-0.2, 0) is 22.5 Å². The number of aryl methyl sites for hydroxylation is 1. The molecule has 2 unspecified atom stereocenters. The minimum absolute atomic E-state index is 0.172. The van der Waals surface area contributed by atoms with Crippen molar-refractivity contribution >= 4 is 39.9 Å². The molecule has 1 saturated heterocycles. The van der Waals surface area contributed by atoms with Crippen molar-refractivity contribution in [2.24, 2.45) is 0 Å². The van der Waals surface area contributed by atoms with Gasteiger partial charge in [-0.05, 0) is 19.8 Å².